The van der Waals surface area contributed by atoms with E-state index in [2.05, 4.69) is 11.9 Å². The highest BCUT2D eigenvalue weighted by atomic mass is 35.5. The molecule has 2 rings (SSSR count). The molecule has 0 aromatic heterocycles. The summed E-state index contributed by atoms with van der Waals surface area (Å²) in [6, 6.07) is 4.18. The van der Waals surface area contributed by atoms with E-state index in [1.807, 2.05) is 12.1 Å². The third kappa shape index (κ3) is 2.66. The highest BCUT2D eigenvalue weighted by Crippen LogP contribution is 2.45. The van der Waals surface area contributed by atoms with Crippen LogP contribution in [0.4, 0.5) is 0 Å². The Morgan fingerprint density at radius 1 is 1.32 bits per heavy atom. The highest BCUT2D eigenvalue weighted by molar-refractivity contribution is 6.32. The van der Waals surface area contributed by atoms with Crippen molar-refractivity contribution >= 4 is 11.6 Å². The van der Waals surface area contributed by atoms with Gasteiger partial charge in [-0.2, -0.15) is 0 Å². The van der Waals surface area contributed by atoms with Gasteiger partial charge in [-0.1, -0.05) is 17.7 Å². The van der Waals surface area contributed by atoms with E-state index in [0.717, 1.165) is 24.3 Å². The summed E-state index contributed by atoms with van der Waals surface area (Å²) >= 11 is 6.14. The lowest BCUT2D eigenvalue weighted by atomic mass is 9.98. The van der Waals surface area contributed by atoms with Gasteiger partial charge in [0.25, 0.3) is 0 Å². The molecule has 0 aliphatic carbocycles. The molecule has 0 bridgehead atoms. The standard InChI is InChI=1S/C14H21ClN2O2/c1-17-8-9(7-16)6-12(17)10-4-5-11(15)14(19-3)13(10)18-2/h4-5,9,12H,6-8,16H2,1-3H3. The van der Waals surface area contributed by atoms with Crippen LogP contribution in [0.25, 0.3) is 0 Å². The lowest BCUT2D eigenvalue weighted by Crippen LogP contribution is -2.21. The Balaban J connectivity index is 2.40. The molecule has 0 amide bonds. The largest absolute Gasteiger partial charge is 0.492 e. The SMILES string of the molecule is COc1c(Cl)ccc(C2CC(CN)CN2C)c1OC. The van der Waals surface area contributed by atoms with Crippen molar-refractivity contribution in [3.8, 4) is 11.5 Å². The average Bonchev–Trinajstić information content (AvgIpc) is 2.79. The van der Waals surface area contributed by atoms with E-state index in [4.69, 9.17) is 26.8 Å². The highest BCUT2D eigenvalue weighted by Gasteiger charge is 2.32. The van der Waals surface area contributed by atoms with Crippen LogP contribution >= 0.6 is 11.6 Å². The molecule has 2 atom stereocenters. The van der Waals surface area contributed by atoms with Gasteiger partial charge in [0, 0.05) is 18.2 Å². The molecule has 1 saturated heterocycles. The normalized spacial score (nSPS) is 23.6. The minimum Gasteiger partial charge on any atom is -0.492 e. The Morgan fingerprint density at radius 2 is 2.00 bits per heavy atom. The summed E-state index contributed by atoms with van der Waals surface area (Å²) in [5.41, 5.74) is 6.90. The number of rotatable bonds is 4. The predicted octanol–water partition coefficient (Wildman–Crippen LogP) is 2.31. The molecule has 4 nitrogen and oxygen atoms in total. The minimum atomic E-state index is 0.301. The van der Waals surface area contributed by atoms with Crippen molar-refractivity contribution in [2.24, 2.45) is 11.7 Å². The molecule has 106 valence electrons. The molecule has 2 unspecified atom stereocenters. The number of hydrogen-bond acceptors (Lipinski definition) is 4. The molecule has 1 aliphatic rings. The quantitative estimate of drug-likeness (QED) is 0.922. The number of nitrogens with zero attached hydrogens (tertiary/aromatic N) is 1. The fourth-order valence-corrected chi connectivity index (χ4v) is 3.08. The van der Waals surface area contributed by atoms with Crippen LogP contribution in [0.5, 0.6) is 11.5 Å². The topological polar surface area (TPSA) is 47.7 Å². The van der Waals surface area contributed by atoms with Crippen LogP contribution in [0.15, 0.2) is 12.1 Å². The Labute approximate surface area is 119 Å². The zero-order valence-corrected chi connectivity index (χ0v) is 12.4. The molecule has 19 heavy (non-hydrogen) atoms. The van der Waals surface area contributed by atoms with Gasteiger partial charge in [-0.3, -0.25) is 4.90 Å². The Hall–Kier alpha value is -0.970. The lowest BCUT2D eigenvalue weighted by Gasteiger charge is -2.23. The van der Waals surface area contributed by atoms with Crippen molar-refractivity contribution in [3.05, 3.63) is 22.7 Å². The maximum absolute atomic E-state index is 6.14. The molecular weight excluding hydrogens is 264 g/mol. The number of ether oxygens (including phenoxy) is 2. The Bertz CT molecular complexity index is 453. The van der Waals surface area contributed by atoms with Crippen molar-refractivity contribution in [1.82, 2.24) is 4.90 Å². The number of hydrogen-bond donors (Lipinski definition) is 1. The van der Waals surface area contributed by atoms with Crippen molar-refractivity contribution < 1.29 is 9.47 Å². The third-order valence-corrected chi connectivity index (χ3v) is 4.13. The van der Waals surface area contributed by atoms with Crippen molar-refractivity contribution in [2.75, 3.05) is 34.4 Å². The summed E-state index contributed by atoms with van der Waals surface area (Å²) in [5.74, 6) is 1.86. The number of benzene rings is 1. The smallest absolute Gasteiger partial charge is 0.179 e. The maximum atomic E-state index is 6.14. The summed E-state index contributed by atoms with van der Waals surface area (Å²) in [6.45, 7) is 1.73. The molecular formula is C14H21ClN2O2. The first-order valence-corrected chi connectivity index (χ1v) is 6.80. The molecule has 0 saturated carbocycles. The van der Waals surface area contributed by atoms with Gasteiger partial charge in [0.15, 0.2) is 11.5 Å². The minimum absolute atomic E-state index is 0.301. The van der Waals surface area contributed by atoms with Crippen molar-refractivity contribution in [1.29, 1.82) is 0 Å². The first kappa shape index (κ1) is 14.4. The zero-order chi connectivity index (χ0) is 14.0. The second-order valence-electron chi connectivity index (χ2n) is 5.00. The summed E-state index contributed by atoms with van der Waals surface area (Å²) in [6.07, 6.45) is 1.04. The zero-order valence-electron chi connectivity index (χ0n) is 11.6. The molecule has 1 heterocycles. The van der Waals surface area contributed by atoms with Crippen LogP contribution in [-0.4, -0.2) is 39.3 Å². The van der Waals surface area contributed by atoms with Gasteiger partial charge in [0.05, 0.1) is 19.2 Å². The van der Waals surface area contributed by atoms with Crippen LogP contribution in [0.3, 0.4) is 0 Å². The summed E-state index contributed by atoms with van der Waals surface area (Å²) < 4.78 is 10.9. The Morgan fingerprint density at radius 3 is 2.53 bits per heavy atom. The van der Waals surface area contributed by atoms with Gasteiger partial charge in [0.1, 0.15) is 0 Å². The summed E-state index contributed by atoms with van der Waals surface area (Å²) in [5, 5.41) is 0.569. The fourth-order valence-electron chi connectivity index (χ4n) is 2.86. The van der Waals surface area contributed by atoms with E-state index in [-0.39, 0.29) is 0 Å². The molecule has 1 aromatic rings. The first-order chi connectivity index (χ1) is 9.12. The van der Waals surface area contributed by atoms with Gasteiger partial charge >= 0.3 is 0 Å². The van der Waals surface area contributed by atoms with E-state index < -0.39 is 0 Å². The van der Waals surface area contributed by atoms with Gasteiger partial charge in [0.2, 0.25) is 0 Å². The fraction of sp³-hybridized carbons (Fsp3) is 0.571. The van der Waals surface area contributed by atoms with Crippen molar-refractivity contribution in [2.45, 2.75) is 12.5 Å². The maximum Gasteiger partial charge on any atom is 0.179 e. The molecule has 1 aromatic carbocycles. The predicted molar refractivity (Wildman–Crippen MR) is 77.1 cm³/mol. The third-order valence-electron chi connectivity index (χ3n) is 3.83. The summed E-state index contributed by atoms with van der Waals surface area (Å²) in [7, 11) is 5.36. The lowest BCUT2D eigenvalue weighted by molar-refractivity contribution is 0.296. The van der Waals surface area contributed by atoms with Gasteiger partial charge in [-0.25, -0.2) is 0 Å². The molecule has 1 fully saturated rings. The molecule has 2 N–H and O–H groups in total. The van der Waals surface area contributed by atoms with Gasteiger partial charge < -0.3 is 15.2 Å². The van der Waals surface area contributed by atoms with Gasteiger partial charge in [-0.05, 0) is 32.0 Å². The van der Waals surface area contributed by atoms with Crippen LogP contribution < -0.4 is 15.2 Å². The Kier molecular flexibility index (Phi) is 4.55. The van der Waals surface area contributed by atoms with Gasteiger partial charge in [-0.15, -0.1) is 0 Å². The second-order valence-corrected chi connectivity index (χ2v) is 5.40. The van der Waals surface area contributed by atoms with Crippen LogP contribution in [0.2, 0.25) is 5.02 Å². The van der Waals surface area contributed by atoms with E-state index in [1.165, 1.54) is 0 Å². The molecule has 0 spiro atoms. The van der Waals surface area contributed by atoms with Crippen LogP contribution in [-0.2, 0) is 0 Å². The number of halogens is 1. The van der Waals surface area contributed by atoms with E-state index in [1.54, 1.807) is 14.2 Å². The summed E-state index contributed by atoms with van der Waals surface area (Å²) in [4.78, 5) is 2.31. The molecule has 5 heteroatoms. The first-order valence-electron chi connectivity index (χ1n) is 6.43. The van der Waals surface area contributed by atoms with Crippen LogP contribution in [0.1, 0.15) is 18.0 Å². The number of nitrogens with two attached hydrogens (primary N) is 1. The molecule has 0 radical (unpaired) electrons. The van der Waals surface area contributed by atoms with E-state index in [0.29, 0.717) is 29.3 Å². The van der Waals surface area contributed by atoms with E-state index >= 15 is 0 Å². The molecule has 1 aliphatic heterocycles. The monoisotopic (exact) mass is 284 g/mol. The average molecular weight is 285 g/mol. The van der Waals surface area contributed by atoms with Crippen molar-refractivity contribution in [3.63, 3.8) is 0 Å². The second kappa shape index (κ2) is 5.99. The van der Waals surface area contributed by atoms with E-state index in [9.17, 15) is 0 Å². The number of likely N-dealkylation sites (tertiary alicyclic amines) is 1. The number of methoxy groups -OCH3 is 2. The van der Waals surface area contributed by atoms with Crippen LogP contribution in [0, 0.1) is 5.92 Å².